The maximum absolute atomic E-state index is 14.7. The predicted octanol–water partition coefficient (Wildman–Crippen LogP) is 6.88. The van der Waals surface area contributed by atoms with Crippen molar-refractivity contribution in [2.75, 3.05) is 77.8 Å². The largest absolute Gasteiger partial charge is 0.464 e. The Bertz CT molecular complexity index is 2620. The van der Waals surface area contributed by atoms with Crippen LogP contribution < -0.4 is 15.6 Å². The van der Waals surface area contributed by atoms with E-state index in [9.17, 15) is 23.2 Å². The van der Waals surface area contributed by atoms with E-state index < -0.39 is 54.4 Å². The summed E-state index contributed by atoms with van der Waals surface area (Å²) < 4.78 is 67.1. The fourth-order valence-electron chi connectivity index (χ4n) is 11.4. The number of halogens is 2. The molecule has 6 aliphatic rings. The molecule has 2 amide bonds. The molecule has 73 heavy (non-hydrogen) atoms. The second kappa shape index (κ2) is 21.7. The van der Waals surface area contributed by atoms with Crippen LogP contribution in [-0.2, 0) is 51.0 Å². The van der Waals surface area contributed by atoms with Gasteiger partial charge in [0, 0.05) is 99.0 Å². The van der Waals surface area contributed by atoms with E-state index in [4.69, 9.17) is 38.1 Å². The summed E-state index contributed by atoms with van der Waals surface area (Å²) in [5, 5.41) is 5.02. The van der Waals surface area contributed by atoms with Crippen LogP contribution in [0.4, 0.5) is 14.5 Å². The number of esters is 1. The number of hydrogen-bond donors (Lipinski definition) is 2. The first-order valence-corrected chi connectivity index (χ1v) is 26.4. The second-order valence-electron chi connectivity index (χ2n) is 21.9. The lowest BCUT2D eigenvalue weighted by Gasteiger charge is -2.37. The van der Waals surface area contributed by atoms with Gasteiger partial charge in [-0.2, -0.15) is 0 Å². The Morgan fingerprint density at radius 1 is 1.00 bits per heavy atom. The van der Waals surface area contributed by atoms with Crippen LogP contribution in [0.5, 0.6) is 0 Å². The molecule has 6 atom stereocenters. The number of carbonyl (C=O) groups excluding carboxylic acids is 3. The summed E-state index contributed by atoms with van der Waals surface area (Å²) in [4.78, 5) is 57.8. The third kappa shape index (κ3) is 11.2. The third-order valence-electron chi connectivity index (χ3n) is 16.1. The van der Waals surface area contributed by atoms with Crippen LogP contribution in [0.2, 0.25) is 0 Å². The first-order chi connectivity index (χ1) is 35.2. The molecule has 4 aromatic rings. The molecular formula is C54H72F2N8O9. The molecule has 17 nitrogen and oxygen atoms in total. The van der Waals surface area contributed by atoms with Crippen molar-refractivity contribution < 1.29 is 51.3 Å². The van der Waals surface area contributed by atoms with E-state index in [2.05, 4.69) is 45.0 Å². The van der Waals surface area contributed by atoms with Crippen LogP contribution >= 0.6 is 0 Å². The quantitative estimate of drug-likeness (QED) is 0.125. The number of hydrazine groups is 1. The summed E-state index contributed by atoms with van der Waals surface area (Å²) in [6.07, 6.45) is 4.02. The Kier molecular flexibility index (Phi) is 15.3. The number of pyridine rings is 1. The van der Waals surface area contributed by atoms with E-state index in [-0.39, 0.29) is 54.7 Å². The van der Waals surface area contributed by atoms with E-state index >= 15 is 0 Å². The number of oxazole rings is 1. The molecule has 0 radical (unpaired) electrons. The summed E-state index contributed by atoms with van der Waals surface area (Å²) in [5.41, 5.74) is 8.61. The van der Waals surface area contributed by atoms with E-state index in [1.807, 2.05) is 45.2 Å². The van der Waals surface area contributed by atoms with E-state index in [0.717, 1.165) is 78.1 Å². The molecule has 0 spiro atoms. The molecule has 4 aliphatic heterocycles. The first kappa shape index (κ1) is 51.4. The highest BCUT2D eigenvalue weighted by Crippen LogP contribution is 2.46. The van der Waals surface area contributed by atoms with Gasteiger partial charge < -0.3 is 42.9 Å². The van der Waals surface area contributed by atoms with E-state index in [1.165, 1.54) is 24.1 Å². The Morgan fingerprint density at radius 2 is 1.77 bits per heavy atom. The smallest absolute Gasteiger partial charge is 0.324 e. The van der Waals surface area contributed by atoms with Crippen molar-refractivity contribution in [1.82, 2.24) is 35.2 Å². The van der Waals surface area contributed by atoms with Gasteiger partial charge in [-0.15, -0.1) is 0 Å². The Hall–Kier alpha value is -5.05. The standard InChI is InChI=1S/C54H72F2N8O9/c1-31-32(2)45(31)50(65)59-47-49(71-29-44(55)56)42-28-72-51(58-42)34-9-12-43-38(24-34)40(26-54(4,5)30-73-53(67)41-8-7-15-64(60-41)52(47)66)48(63(43)20-23-70-37-13-21-69-22-14-37)39-25-36(27-57-46(39)33(3)68-6)62-18-16-61(17-19-62)35-10-11-35/h9,12,24-25,27-28,31-33,35,37,41,44-45,47,49,60H,7-8,10-11,13-23,26,29-30H2,1-6H3,(H,59,65)/t31-,32-,33+,41+,47+,49-/m1/s1. The lowest BCUT2D eigenvalue weighted by molar-refractivity contribution is -0.157. The van der Waals surface area contributed by atoms with Crippen LogP contribution in [0.15, 0.2) is 41.1 Å². The van der Waals surface area contributed by atoms with Crippen LogP contribution in [0.3, 0.4) is 0 Å². The molecule has 2 N–H and O–H groups in total. The van der Waals surface area contributed by atoms with Gasteiger partial charge in [0.15, 0.2) is 0 Å². The SMILES string of the molecule is CO[C@@H](C)c1ncc(N2CCN(C3CC3)CC2)cc1-c1c2c3cc(ccc3n1CCOC1CCOCC1)-c1nc(co1)[C@@H](OCC(F)F)[C@H](NC(=O)C1[C@H](C)[C@H]1C)C(=O)N1CCC[C@H](N1)C(=O)OCC(C)(C)C2. The minimum Gasteiger partial charge on any atom is -0.464 e. The van der Waals surface area contributed by atoms with Crippen molar-refractivity contribution >= 4 is 34.4 Å². The Labute approximate surface area is 425 Å². The molecule has 7 heterocycles. The van der Waals surface area contributed by atoms with Crippen molar-refractivity contribution in [3.05, 3.63) is 53.7 Å². The Balaban J connectivity index is 1.12. The number of nitrogens with one attached hydrogen (secondary N) is 2. The highest BCUT2D eigenvalue weighted by atomic mass is 19.3. The summed E-state index contributed by atoms with van der Waals surface area (Å²) in [5.74, 6) is -1.71. The molecule has 2 saturated carbocycles. The fraction of sp³-hybridized carbons (Fsp3) is 0.648. The fourth-order valence-corrected chi connectivity index (χ4v) is 11.4. The summed E-state index contributed by atoms with van der Waals surface area (Å²) in [6, 6.07) is 6.50. The summed E-state index contributed by atoms with van der Waals surface area (Å²) in [7, 11) is 1.69. The number of ether oxygens (including phenoxy) is 5. The third-order valence-corrected chi connectivity index (χ3v) is 16.1. The molecule has 10 rings (SSSR count). The number of rotatable bonds is 14. The lowest BCUT2D eigenvalue weighted by Crippen LogP contribution is -2.61. The average Bonchev–Trinajstić information content (AvgIpc) is 4.26. The number of benzene rings is 1. The summed E-state index contributed by atoms with van der Waals surface area (Å²) in [6.45, 7) is 15.2. The molecule has 5 fully saturated rings. The van der Waals surface area contributed by atoms with Crippen LogP contribution in [0.1, 0.15) is 102 Å². The first-order valence-electron chi connectivity index (χ1n) is 26.4. The van der Waals surface area contributed by atoms with Crippen LogP contribution in [0.25, 0.3) is 33.6 Å². The molecule has 1 aromatic carbocycles. The zero-order valence-corrected chi connectivity index (χ0v) is 43.1. The van der Waals surface area contributed by atoms with Gasteiger partial charge in [-0.3, -0.25) is 29.3 Å². The molecule has 6 bridgehead atoms. The van der Waals surface area contributed by atoms with Crippen molar-refractivity contribution in [3.8, 4) is 22.7 Å². The molecule has 396 valence electrons. The minimum absolute atomic E-state index is 0.0457. The monoisotopic (exact) mass is 1010 g/mol. The molecule has 3 saturated heterocycles. The number of carbonyl (C=O) groups is 3. The highest BCUT2D eigenvalue weighted by Gasteiger charge is 2.50. The number of methoxy groups -OCH3 is 1. The molecule has 19 heteroatoms. The Morgan fingerprint density at radius 3 is 2.48 bits per heavy atom. The minimum atomic E-state index is -2.90. The van der Waals surface area contributed by atoms with Crippen molar-refractivity contribution in [1.29, 1.82) is 0 Å². The highest BCUT2D eigenvalue weighted by molar-refractivity contribution is 5.95. The number of alkyl halides is 2. The predicted molar refractivity (Wildman–Crippen MR) is 267 cm³/mol. The van der Waals surface area contributed by atoms with Crippen molar-refractivity contribution in [2.24, 2.45) is 23.2 Å². The number of fused-ring (bicyclic) bond motifs is 6. The molecular weight excluding hydrogens is 943 g/mol. The van der Waals surface area contributed by atoms with Gasteiger partial charge in [0.1, 0.15) is 36.8 Å². The molecule has 2 aliphatic carbocycles. The van der Waals surface area contributed by atoms with Crippen molar-refractivity contribution in [3.63, 3.8) is 0 Å². The van der Waals surface area contributed by atoms with Gasteiger partial charge in [-0.05, 0) is 93.5 Å². The second-order valence-corrected chi connectivity index (χ2v) is 21.9. The molecule has 0 unspecified atom stereocenters. The van der Waals surface area contributed by atoms with E-state index in [0.29, 0.717) is 57.2 Å². The van der Waals surface area contributed by atoms with Gasteiger partial charge >= 0.3 is 5.97 Å². The van der Waals surface area contributed by atoms with Crippen molar-refractivity contribution in [2.45, 2.75) is 129 Å². The van der Waals surface area contributed by atoms with Gasteiger partial charge in [-0.25, -0.2) is 19.2 Å². The number of cyclic esters (lactones) is 1. The normalized spacial score (nSPS) is 26.8. The van der Waals surface area contributed by atoms with E-state index in [1.54, 1.807) is 7.11 Å². The molecule has 3 aromatic heterocycles. The van der Waals surface area contributed by atoms with Crippen LogP contribution in [0, 0.1) is 23.2 Å². The number of piperazine rings is 1. The lowest BCUT2D eigenvalue weighted by atomic mass is 9.84. The maximum Gasteiger partial charge on any atom is 0.324 e. The van der Waals surface area contributed by atoms with Crippen LogP contribution in [-0.4, -0.2) is 146 Å². The summed E-state index contributed by atoms with van der Waals surface area (Å²) >= 11 is 0. The zero-order chi connectivity index (χ0) is 51.1. The van der Waals surface area contributed by atoms with Gasteiger partial charge in [0.25, 0.3) is 12.3 Å². The number of nitrogens with zero attached hydrogens (tertiary/aromatic N) is 6. The van der Waals surface area contributed by atoms with Gasteiger partial charge in [0.05, 0.1) is 48.7 Å². The van der Waals surface area contributed by atoms with Gasteiger partial charge in [-0.1, -0.05) is 27.7 Å². The average molecular weight is 1020 g/mol. The number of hydrogen-bond acceptors (Lipinski definition) is 14. The zero-order valence-electron chi connectivity index (χ0n) is 43.1. The maximum atomic E-state index is 14.7. The topological polar surface area (TPSA) is 175 Å². The number of amides is 2. The number of aromatic nitrogens is 3. The van der Waals surface area contributed by atoms with Gasteiger partial charge in [0.2, 0.25) is 11.8 Å². The number of anilines is 1.